The molecule has 0 N–H and O–H groups in total. The van der Waals surface area contributed by atoms with Crippen molar-refractivity contribution in [1.82, 2.24) is 0 Å². The molecule has 2 unspecified atom stereocenters. The monoisotopic (exact) mass is 322 g/mol. The van der Waals surface area contributed by atoms with Crippen LogP contribution in [-0.4, -0.2) is 16.8 Å². The average Bonchev–Trinajstić information content (AvgIpc) is 2.57. The van der Waals surface area contributed by atoms with Crippen molar-refractivity contribution in [2.75, 3.05) is 0 Å². The number of hydrogen-bond acceptors (Lipinski definition) is 2. The molecule has 2 heterocycles. The first-order chi connectivity index (χ1) is 9.94. The van der Waals surface area contributed by atoms with Gasteiger partial charge in [0.05, 0.1) is 0 Å². The van der Waals surface area contributed by atoms with Gasteiger partial charge < -0.3 is 0 Å². The number of aryl methyl sites for hydroxylation is 3. The van der Waals surface area contributed by atoms with Crippen LogP contribution in [0.15, 0.2) is 12.1 Å². The molecule has 2 saturated heterocycles. The van der Waals surface area contributed by atoms with E-state index in [2.05, 4.69) is 32.9 Å². The average molecular weight is 322 g/mol. The van der Waals surface area contributed by atoms with Crippen molar-refractivity contribution in [2.45, 2.75) is 70.6 Å². The molecule has 0 spiro atoms. The second-order valence-electron chi connectivity index (χ2n) is 7.18. The summed E-state index contributed by atoms with van der Waals surface area (Å²) < 4.78 is 0. The van der Waals surface area contributed by atoms with Crippen LogP contribution in [-0.2, 0) is 0 Å². The van der Waals surface area contributed by atoms with E-state index >= 15 is 0 Å². The summed E-state index contributed by atoms with van der Waals surface area (Å²) in [5, 5.41) is 0. The Morgan fingerprint density at radius 1 is 1.00 bits per heavy atom. The van der Waals surface area contributed by atoms with E-state index in [1.807, 2.05) is 0 Å². The second kappa shape index (κ2) is 5.70. The summed E-state index contributed by atoms with van der Waals surface area (Å²) in [4.78, 5) is 13.5. The Kier molecular flexibility index (Phi) is 4.23. The molecule has 2 fully saturated rings. The Bertz CT molecular complexity index is 544. The zero-order valence-corrected chi connectivity index (χ0v) is 15.3. The zero-order chi connectivity index (χ0) is 15.2. The molecule has 0 radical (unpaired) electrons. The van der Waals surface area contributed by atoms with E-state index in [0.29, 0.717) is 16.8 Å². The van der Waals surface area contributed by atoms with Gasteiger partial charge in [0, 0.05) is 0 Å². The third kappa shape index (κ3) is 2.49. The summed E-state index contributed by atoms with van der Waals surface area (Å²) in [5.41, 5.74) is 6.22. The van der Waals surface area contributed by atoms with Crippen LogP contribution in [0.1, 0.15) is 65.6 Å². The predicted octanol–water partition coefficient (Wildman–Crippen LogP) is 5.45. The molecule has 2 aliphatic heterocycles. The Hall–Kier alpha value is -0.330. The summed E-state index contributed by atoms with van der Waals surface area (Å²) in [6, 6.07) is 4.31. The van der Waals surface area contributed by atoms with E-state index in [1.54, 1.807) is 0 Å². The van der Waals surface area contributed by atoms with Crippen LogP contribution < -0.4 is 0 Å². The summed E-state index contributed by atoms with van der Waals surface area (Å²) in [6.45, 7) is 4.15. The zero-order valence-electron chi connectivity index (χ0n) is 13.4. The van der Waals surface area contributed by atoms with Crippen molar-refractivity contribution in [3.63, 3.8) is 0 Å². The Balaban J connectivity index is 2.05. The molecule has 1 aromatic rings. The van der Waals surface area contributed by atoms with E-state index in [4.69, 9.17) is 12.2 Å². The van der Waals surface area contributed by atoms with Crippen molar-refractivity contribution in [2.24, 2.45) is 0 Å². The maximum atomic E-state index is 13.5. The van der Waals surface area contributed by atoms with Crippen LogP contribution in [0.2, 0.25) is 0 Å². The molecule has 0 amide bonds. The van der Waals surface area contributed by atoms with Gasteiger partial charge in [0.25, 0.3) is 0 Å². The molecule has 116 valence electrons. The Morgan fingerprint density at radius 2 is 1.48 bits per heavy atom. The first kappa shape index (κ1) is 15.6. The Morgan fingerprint density at radius 3 is 1.95 bits per heavy atom. The third-order valence-corrected chi connectivity index (χ3v) is 13.2. The summed E-state index contributed by atoms with van der Waals surface area (Å²) >= 11 is 5.19. The van der Waals surface area contributed by atoms with Crippen molar-refractivity contribution in [3.05, 3.63) is 34.4 Å². The first-order valence-corrected chi connectivity index (χ1v) is 11.7. The van der Waals surface area contributed by atoms with Gasteiger partial charge in [-0.25, -0.2) is 0 Å². The maximum absolute atomic E-state index is 13.5. The van der Waals surface area contributed by atoms with Crippen LogP contribution >= 0.6 is 18.7 Å². The van der Waals surface area contributed by atoms with Crippen LogP contribution in [0, 0.1) is 20.8 Å². The fraction of sp³-hybridized carbons (Fsp3) is 0.611. The van der Waals surface area contributed by atoms with Gasteiger partial charge in [0.15, 0.2) is 0 Å². The number of fused-ring (bicyclic) bond motifs is 2. The standard InChI is InChI=1S/C18H27OPS/c1-12-10-13(2)17(14(3)11-12)18(19)20(21)15-6-4-5-7-16(20)9-8-15/h10-11,15-16,20-21H,4-9H2,1-3H3. The van der Waals surface area contributed by atoms with Gasteiger partial charge in [0.2, 0.25) is 0 Å². The molecule has 21 heavy (non-hydrogen) atoms. The number of benzene rings is 1. The number of hydrogen-bond donors (Lipinski definition) is 1. The molecule has 3 heteroatoms. The molecular formula is C18H27OPS. The van der Waals surface area contributed by atoms with Gasteiger partial charge >= 0.3 is 134 Å². The van der Waals surface area contributed by atoms with E-state index in [0.717, 1.165) is 16.7 Å². The van der Waals surface area contributed by atoms with Crippen LogP contribution in [0.3, 0.4) is 0 Å². The minimum atomic E-state index is -2.15. The number of thiol groups is 1. The second-order valence-corrected chi connectivity index (χ2v) is 13.1. The minimum absolute atomic E-state index is 0.440. The molecule has 1 nitrogen and oxygen atoms in total. The van der Waals surface area contributed by atoms with Crippen molar-refractivity contribution >= 4 is 24.2 Å². The van der Waals surface area contributed by atoms with Crippen molar-refractivity contribution < 1.29 is 4.79 Å². The van der Waals surface area contributed by atoms with Crippen LogP contribution in [0.5, 0.6) is 0 Å². The first-order valence-electron chi connectivity index (χ1n) is 8.29. The molecule has 2 aliphatic rings. The van der Waals surface area contributed by atoms with Gasteiger partial charge in [-0.1, -0.05) is 0 Å². The van der Waals surface area contributed by atoms with Gasteiger partial charge in [-0.2, -0.15) is 0 Å². The summed E-state index contributed by atoms with van der Waals surface area (Å²) in [7, 11) is 0. The quantitative estimate of drug-likeness (QED) is 0.566. The van der Waals surface area contributed by atoms with Crippen LogP contribution in [0.4, 0.5) is 0 Å². The fourth-order valence-electron chi connectivity index (χ4n) is 4.80. The third-order valence-electron chi connectivity index (χ3n) is 5.73. The van der Waals surface area contributed by atoms with Crippen molar-refractivity contribution in [3.8, 4) is 0 Å². The number of rotatable bonds is 2. The van der Waals surface area contributed by atoms with E-state index in [9.17, 15) is 4.79 Å². The predicted molar refractivity (Wildman–Crippen MR) is 97.6 cm³/mol. The number of carbonyl (C=O) groups excluding carboxylic acids is 1. The van der Waals surface area contributed by atoms with E-state index < -0.39 is 6.46 Å². The Labute approximate surface area is 134 Å². The van der Waals surface area contributed by atoms with E-state index in [1.165, 1.54) is 44.1 Å². The van der Waals surface area contributed by atoms with E-state index in [-0.39, 0.29) is 0 Å². The topological polar surface area (TPSA) is 17.1 Å². The van der Waals surface area contributed by atoms with Gasteiger partial charge in [-0.05, 0) is 0 Å². The van der Waals surface area contributed by atoms with Gasteiger partial charge in [-0.3, -0.25) is 0 Å². The normalized spacial score (nSPS) is 29.0. The summed E-state index contributed by atoms with van der Waals surface area (Å²) in [5.74, 6) is 0. The van der Waals surface area contributed by atoms with Crippen LogP contribution in [0.25, 0.3) is 0 Å². The molecule has 0 saturated carbocycles. The van der Waals surface area contributed by atoms with Gasteiger partial charge in [-0.15, -0.1) is 0 Å². The molecule has 3 rings (SSSR count). The molecular weight excluding hydrogens is 295 g/mol. The molecule has 0 aliphatic carbocycles. The molecule has 2 atom stereocenters. The molecule has 2 bridgehead atoms. The summed E-state index contributed by atoms with van der Waals surface area (Å²) in [6.07, 6.45) is 7.57. The van der Waals surface area contributed by atoms with Gasteiger partial charge in [0.1, 0.15) is 0 Å². The molecule has 1 aromatic carbocycles. The SMILES string of the molecule is Cc1cc(C)c(C(=O)[PH]2(S)C3CCCCC2CC3)c(C)c1. The number of carbonyl (C=O) groups is 1. The fourth-order valence-corrected chi connectivity index (χ4v) is 11.4. The molecule has 0 aromatic heterocycles. The van der Waals surface area contributed by atoms with Crippen molar-refractivity contribution in [1.29, 1.82) is 0 Å².